The summed E-state index contributed by atoms with van der Waals surface area (Å²) in [5.74, 6) is 1.47. The molecule has 1 aromatic heterocycles. The summed E-state index contributed by atoms with van der Waals surface area (Å²) < 4.78 is 7.48. The molecule has 1 heterocycles. The molecule has 0 aliphatic carbocycles. The zero-order valence-electron chi connectivity index (χ0n) is 11.0. The summed E-state index contributed by atoms with van der Waals surface area (Å²) in [6, 6.07) is 15.4. The third kappa shape index (κ3) is 2.68. The molecule has 2 aromatic carbocycles. The molecule has 0 radical (unpaired) electrons. The van der Waals surface area contributed by atoms with Gasteiger partial charge in [0.25, 0.3) is 0 Å². The molecule has 0 saturated heterocycles. The first-order valence-corrected chi connectivity index (χ1v) is 6.64. The van der Waals surface area contributed by atoms with Gasteiger partial charge in [-0.15, -0.1) is 0 Å². The first-order valence-electron chi connectivity index (χ1n) is 6.26. The summed E-state index contributed by atoms with van der Waals surface area (Å²) in [4.78, 5) is 0. The summed E-state index contributed by atoms with van der Waals surface area (Å²) in [5, 5.41) is 4.92. The third-order valence-corrected chi connectivity index (χ3v) is 3.20. The van der Waals surface area contributed by atoms with Gasteiger partial charge in [-0.3, -0.25) is 0 Å². The van der Waals surface area contributed by atoms with Crippen LogP contribution in [0.25, 0.3) is 5.69 Å². The fourth-order valence-electron chi connectivity index (χ4n) is 1.94. The molecule has 100 valence electrons. The molecule has 3 aromatic rings. The van der Waals surface area contributed by atoms with Gasteiger partial charge in [0.05, 0.1) is 23.1 Å². The second-order valence-corrected chi connectivity index (χ2v) is 4.90. The maximum Gasteiger partial charge on any atom is 0.165 e. The van der Waals surface area contributed by atoms with Crippen LogP contribution in [0, 0.1) is 6.92 Å². The molecule has 0 bridgehead atoms. The van der Waals surface area contributed by atoms with Crippen LogP contribution in [0.15, 0.2) is 60.9 Å². The molecular weight excluding hydrogens is 272 g/mol. The first-order chi connectivity index (χ1) is 9.72. The monoisotopic (exact) mass is 284 g/mol. The minimum absolute atomic E-state index is 0.651. The Balaban J connectivity index is 1.86. The molecule has 0 saturated carbocycles. The molecule has 0 N–H and O–H groups in total. The Morgan fingerprint density at radius 2 is 1.90 bits per heavy atom. The van der Waals surface area contributed by atoms with Crippen LogP contribution in [-0.2, 0) is 0 Å². The number of benzene rings is 2. The first kappa shape index (κ1) is 12.8. The zero-order valence-corrected chi connectivity index (χ0v) is 11.7. The van der Waals surface area contributed by atoms with Crippen LogP contribution in [0.1, 0.15) is 5.56 Å². The third-order valence-electron chi connectivity index (χ3n) is 2.88. The SMILES string of the molecule is Cc1cccc(Oc2cnn(-c3ccccc3Cl)c2)c1. The van der Waals surface area contributed by atoms with E-state index in [9.17, 15) is 0 Å². The standard InChI is InChI=1S/C16H13ClN2O/c1-12-5-4-6-13(9-12)20-14-10-18-19(11-14)16-8-3-2-7-15(16)17/h2-11H,1H3. The maximum absolute atomic E-state index is 6.15. The minimum Gasteiger partial charge on any atom is -0.454 e. The van der Waals surface area contributed by atoms with E-state index in [1.54, 1.807) is 10.9 Å². The van der Waals surface area contributed by atoms with Gasteiger partial charge in [0.2, 0.25) is 0 Å². The van der Waals surface area contributed by atoms with E-state index >= 15 is 0 Å². The number of aromatic nitrogens is 2. The van der Waals surface area contributed by atoms with E-state index in [1.807, 2.05) is 61.7 Å². The summed E-state index contributed by atoms with van der Waals surface area (Å²) in [6.45, 7) is 2.03. The van der Waals surface area contributed by atoms with Crippen molar-refractivity contribution in [2.45, 2.75) is 6.92 Å². The molecule has 20 heavy (non-hydrogen) atoms. The number of nitrogens with zero attached hydrogens (tertiary/aromatic N) is 2. The van der Waals surface area contributed by atoms with E-state index in [1.165, 1.54) is 0 Å². The minimum atomic E-state index is 0.651. The van der Waals surface area contributed by atoms with Crippen LogP contribution in [-0.4, -0.2) is 9.78 Å². The lowest BCUT2D eigenvalue weighted by atomic mass is 10.2. The number of hydrogen-bond acceptors (Lipinski definition) is 2. The van der Waals surface area contributed by atoms with Crippen molar-refractivity contribution in [3.8, 4) is 17.2 Å². The number of rotatable bonds is 3. The highest BCUT2D eigenvalue weighted by molar-refractivity contribution is 6.32. The summed E-state index contributed by atoms with van der Waals surface area (Å²) in [7, 11) is 0. The van der Waals surface area contributed by atoms with Gasteiger partial charge in [0, 0.05) is 0 Å². The molecule has 0 aliphatic heterocycles. The number of ether oxygens (including phenoxy) is 1. The average Bonchev–Trinajstić information content (AvgIpc) is 2.87. The van der Waals surface area contributed by atoms with Crippen LogP contribution < -0.4 is 4.74 Å². The van der Waals surface area contributed by atoms with Crippen LogP contribution >= 0.6 is 11.6 Å². The number of hydrogen-bond donors (Lipinski definition) is 0. The van der Waals surface area contributed by atoms with Crippen molar-refractivity contribution in [2.75, 3.05) is 0 Å². The fraction of sp³-hybridized carbons (Fsp3) is 0.0625. The van der Waals surface area contributed by atoms with Gasteiger partial charge in [0.1, 0.15) is 5.75 Å². The molecule has 0 atom stereocenters. The number of halogens is 1. The predicted octanol–water partition coefficient (Wildman–Crippen LogP) is 4.63. The van der Waals surface area contributed by atoms with Gasteiger partial charge in [-0.25, -0.2) is 4.68 Å². The van der Waals surface area contributed by atoms with E-state index in [4.69, 9.17) is 16.3 Å². The molecule has 3 nitrogen and oxygen atoms in total. The van der Waals surface area contributed by atoms with Crippen molar-refractivity contribution in [3.05, 3.63) is 71.5 Å². The lowest BCUT2D eigenvalue weighted by Crippen LogP contribution is -1.94. The Labute approximate surface area is 122 Å². The van der Waals surface area contributed by atoms with Crippen molar-refractivity contribution in [1.82, 2.24) is 9.78 Å². The van der Waals surface area contributed by atoms with Crippen molar-refractivity contribution < 1.29 is 4.74 Å². The lowest BCUT2D eigenvalue weighted by molar-refractivity contribution is 0.482. The van der Waals surface area contributed by atoms with Gasteiger partial charge in [-0.05, 0) is 36.8 Å². The quantitative estimate of drug-likeness (QED) is 0.701. The summed E-state index contributed by atoms with van der Waals surface area (Å²) in [5.41, 5.74) is 1.98. The molecular formula is C16H13ClN2O. The molecule has 0 unspecified atom stereocenters. The molecule has 3 rings (SSSR count). The topological polar surface area (TPSA) is 27.1 Å². The van der Waals surface area contributed by atoms with Gasteiger partial charge >= 0.3 is 0 Å². The highest BCUT2D eigenvalue weighted by Crippen LogP contribution is 2.24. The number of para-hydroxylation sites is 1. The maximum atomic E-state index is 6.15. The largest absolute Gasteiger partial charge is 0.454 e. The van der Waals surface area contributed by atoms with Crippen LogP contribution in [0.4, 0.5) is 0 Å². The molecule has 0 aliphatic rings. The second kappa shape index (κ2) is 5.39. The predicted molar refractivity (Wildman–Crippen MR) is 79.8 cm³/mol. The zero-order chi connectivity index (χ0) is 13.9. The van der Waals surface area contributed by atoms with E-state index in [-0.39, 0.29) is 0 Å². The van der Waals surface area contributed by atoms with Gasteiger partial charge in [0.15, 0.2) is 5.75 Å². The van der Waals surface area contributed by atoms with Crippen molar-refractivity contribution >= 4 is 11.6 Å². The van der Waals surface area contributed by atoms with Gasteiger partial charge in [-0.2, -0.15) is 5.10 Å². The van der Waals surface area contributed by atoms with E-state index in [2.05, 4.69) is 5.10 Å². The molecule has 0 spiro atoms. The molecule has 0 amide bonds. The van der Waals surface area contributed by atoms with Crippen molar-refractivity contribution in [1.29, 1.82) is 0 Å². The smallest absolute Gasteiger partial charge is 0.165 e. The normalized spacial score (nSPS) is 10.5. The van der Waals surface area contributed by atoms with E-state index < -0.39 is 0 Å². The van der Waals surface area contributed by atoms with Crippen LogP contribution in [0.3, 0.4) is 0 Å². The van der Waals surface area contributed by atoms with Crippen molar-refractivity contribution in [2.24, 2.45) is 0 Å². The van der Waals surface area contributed by atoms with E-state index in [0.29, 0.717) is 10.8 Å². The summed E-state index contributed by atoms with van der Waals surface area (Å²) in [6.07, 6.45) is 3.48. The Morgan fingerprint density at radius 3 is 2.70 bits per heavy atom. The van der Waals surface area contributed by atoms with Crippen molar-refractivity contribution in [3.63, 3.8) is 0 Å². The van der Waals surface area contributed by atoms with E-state index in [0.717, 1.165) is 17.0 Å². The summed E-state index contributed by atoms with van der Waals surface area (Å²) >= 11 is 6.15. The Kier molecular flexibility index (Phi) is 3.44. The molecule has 4 heteroatoms. The highest BCUT2D eigenvalue weighted by Gasteiger charge is 2.06. The Morgan fingerprint density at radius 1 is 1.05 bits per heavy atom. The Hall–Kier alpha value is -2.26. The van der Waals surface area contributed by atoms with Crippen LogP contribution in [0.2, 0.25) is 5.02 Å². The van der Waals surface area contributed by atoms with Gasteiger partial charge in [-0.1, -0.05) is 35.9 Å². The second-order valence-electron chi connectivity index (χ2n) is 4.49. The fourth-order valence-corrected chi connectivity index (χ4v) is 2.17. The highest BCUT2D eigenvalue weighted by atomic mass is 35.5. The average molecular weight is 285 g/mol. The number of aryl methyl sites for hydroxylation is 1. The van der Waals surface area contributed by atoms with Gasteiger partial charge < -0.3 is 4.74 Å². The Bertz CT molecular complexity index is 737. The van der Waals surface area contributed by atoms with Crippen LogP contribution in [0.5, 0.6) is 11.5 Å². The lowest BCUT2D eigenvalue weighted by Gasteiger charge is -2.04. The molecule has 0 fully saturated rings.